The van der Waals surface area contributed by atoms with Crippen molar-refractivity contribution in [3.05, 3.63) is 28.8 Å². The molecule has 1 aliphatic rings. The van der Waals surface area contributed by atoms with E-state index < -0.39 is 11.5 Å². The molecule has 114 valence electrons. The highest BCUT2D eigenvalue weighted by Gasteiger charge is 2.48. The molecule has 1 fully saturated rings. The molecule has 2 rings (SSSR count). The number of likely N-dealkylation sites (N-methyl/N-ethyl adjacent to an activating group) is 1. The van der Waals surface area contributed by atoms with Gasteiger partial charge in [-0.2, -0.15) is 0 Å². The first-order chi connectivity index (χ1) is 9.69. The van der Waals surface area contributed by atoms with E-state index in [-0.39, 0.29) is 11.7 Å². The summed E-state index contributed by atoms with van der Waals surface area (Å²) in [6.45, 7) is 7.12. The van der Waals surface area contributed by atoms with Gasteiger partial charge in [-0.15, -0.1) is 0 Å². The highest BCUT2D eigenvalue weighted by Crippen LogP contribution is 2.35. The lowest BCUT2D eigenvalue weighted by molar-refractivity contribution is -0.233. The van der Waals surface area contributed by atoms with Crippen molar-refractivity contribution in [2.45, 2.75) is 39.2 Å². The van der Waals surface area contributed by atoms with Crippen LogP contribution in [0.15, 0.2) is 12.1 Å². The molecule has 0 aromatic heterocycles. The van der Waals surface area contributed by atoms with Gasteiger partial charge >= 0.3 is 0 Å². The third-order valence-electron chi connectivity index (χ3n) is 3.87. The standard InChI is InChI=1S/C16H21NO4/c1-9-8-12(20-6)10(2)7-11(9)13-14(18)16(3,4)21-17(5)15(13)19/h7-8,13H,1-6H3. The number of hydroxylamine groups is 2. The molecule has 1 aliphatic heterocycles. The van der Waals surface area contributed by atoms with E-state index in [9.17, 15) is 9.59 Å². The lowest BCUT2D eigenvalue weighted by atomic mass is 9.82. The molecule has 0 radical (unpaired) electrons. The van der Waals surface area contributed by atoms with Crippen LogP contribution in [0, 0.1) is 13.8 Å². The van der Waals surface area contributed by atoms with Crippen LogP contribution >= 0.6 is 0 Å². The number of rotatable bonds is 2. The SMILES string of the molecule is COc1cc(C)c(C2C(=O)N(C)OC(C)(C)C2=O)cc1C. The van der Waals surface area contributed by atoms with E-state index in [4.69, 9.17) is 9.57 Å². The molecule has 0 bridgehead atoms. The van der Waals surface area contributed by atoms with Gasteiger partial charge in [0.1, 0.15) is 17.3 Å². The molecule has 21 heavy (non-hydrogen) atoms. The smallest absolute Gasteiger partial charge is 0.261 e. The second-order valence-electron chi connectivity index (χ2n) is 5.91. The maximum Gasteiger partial charge on any atom is 0.261 e. The molecule has 1 unspecified atom stereocenters. The number of hydrogen-bond donors (Lipinski definition) is 0. The van der Waals surface area contributed by atoms with Crippen molar-refractivity contribution in [3.63, 3.8) is 0 Å². The third-order valence-corrected chi connectivity index (χ3v) is 3.87. The minimum atomic E-state index is -1.02. The molecule has 5 heteroatoms. The van der Waals surface area contributed by atoms with Crippen LogP contribution in [-0.2, 0) is 14.4 Å². The number of nitrogens with zero attached hydrogens (tertiary/aromatic N) is 1. The van der Waals surface area contributed by atoms with E-state index in [0.717, 1.165) is 21.9 Å². The summed E-state index contributed by atoms with van der Waals surface area (Å²) in [5.41, 5.74) is 1.44. The van der Waals surface area contributed by atoms with E-state index in [0.29, 0.717) is 5.56 Å². The third kappa shape index (κ3) is 2.53. The predicted octanol–water partition coefficient (Wildman–Crippen LogP) is 2.15. The number of Topliss-reactive ketones (excluding diaryl/α,β-unsaturated/α-hetero) is 1. The van der Waals surface area contributed by atoms with Gasteiger partial charge in [0.2, 0.25) is 0 Å². The zero-order valence-corrected chi connectivity index (χ0v) is 13.3. The van der Waals surface area contributed by atoms with Gasteiger partial charge in [0.15, 0.2) is 5.78 Å². The fraction of sp³-hybridized carbons (Fsp3) is 0.500. The molecule has 0 aliphatic carbocycles. The van der Waals surface area contributed by atoms with E-state index >= 15 is 0 Å². The van der Waals surface area contributed by atoms with E-state index in [2.05, 4.69) is 0 Å². The molecule has 1 aromatic carbocycles. The highest BCUT2D eigenvalue weighted by molar-refractivity contribution is 6.11. The first kappa shape index (κ1) is 15.5. The van der Waals surface area contributed by atoms with E-state index in [1.165, 1.54) is 7.05 Å². The molecule has 1 amide bonds. The van der Waals surface area contributed by atoms with Crippen LogP contribution < -0.4 is 4.74 Å². The number of benzene rings is 1. The van der Waals surface area contributed by atoms with Gasteiger partial charge in [0, 0.05) is 7.05 Å². The van der Waals surface area contributed by atoms with Crippen LogP contribution in [0.2, 0.25) is 0 Å². The van der Waals surface area contributed by atoms with Crippen LogP contribution in [0.5, 0.6) is 5.75 Å². The molecular formula is C16H21NO4. The zero-order chi connectivity index (χ0) is 15.9. The molecule has 1 aromatic rings. The van der Waals surface area contributed by atoms with Crippen molar-refractivity contribution in [3.8, 4) is 5.75 Å². The zero-order valence-electron chi connectivity index (χ0n) is 13.3. The van der Waals surface area contributed by atoms with Crippen molar-refractivity contribution >= 4 is 11.7 Å². The van der Waals surface area contributed by atoms with Crippen LogP contribution in [0.1, 0.15) is 36.5 Å². The number of ether oxygens (including phenoxy) is 1. The summed E-state index contributed by atoms with van der Waals surface area (Å²) in [5, 5.41) is 1.16. The Balaban J connectivity index is 2.56. The van der Waals surface area contributed by atoms with Crippen molar-refractivity contribution in [2.75, 3.05) is 14.2 Å². The van der Waals surface area contributed by atoms with Crippen LogP contribution in [0.3, 0.4) is 0 Å². The Labute approximate surface area is 124 Å². The quantitative estimate of drug-likeness (QED) is 0.783. The number of carbonyl (C=O) groups is 2. The normalized spacial score (nSPS) is 21.6. The summed E-state index contributed by atoms with van der Waals surface area (Å²) in [5.74, 6) is -0.649. The van der Waals surface area contributed by atoms with Gasteiger partial charge in [-0.3, -0.25) is 14.4 Å². The topological polar surface area (TPSA) is 55.8 Å². The molecule has 0 N–H and O–H groups in total. The average Bonchev–Trinajstić information content (AvgIpc) is 2.40. The molecule has 1 atom stereocenters. The fourth-order valence-electron chi connectivity index (χ4n) is 2.69. The predicted molar refractivity (Wildman–Crippen MR) is 78.2 cm³/mol. The average molecular weight is 291 g/mol. The number of aryl methyl sites for hydroxylation is 2. The maximum absolute atomic E-state index is 12.6. The van der Waals surface area contributed by atoms with E-state index in [1.54, 1.807) is 21.0 Å². The summed E-state index contributed by atoms with van der Waals surface area (Å²) in [7, 11) is 3.14. The minimum absolute atomic E-state index is 0.224. The van der Waals surface area contributed by atoms with Gasteiger partial charge in [-0.1, -0.05) is 6.07 Å². The molecule has 1 saturated heterocycles. The van der Waals surface area contributed by atoms with Gasteiger partial charge in [0.25, 0.3) is 5.91 Å². The first-order valence-corrected chi connectivity index (χ1v) is 6.85. The molecule has 5 nitrogen and oxygen atoms in total. The Hall–Kier alpha value is -1.88. The summed E-state index contributed by atoms with van der Waals surface area (Å²) < 4.78 is 5.28. The Bertz CT molecular complexity index is 607. The number of hydrogen-bond acceptors (Lipinski definition) is 4. The van der Waals surface area contributed by atoms with Gasteiger partial charge in [0.05, 0.1) is 7.11 Å². The Morgan fingerprint density at radius 1 is 1.19 bits per heavy atom. The Morgan fingerprint density at radius 3 is 2.38 bits per heavy atom. The van der Waals surface area contributed by atoms with E-state index in [1.807, 2.05) is 26.0 Å². The lowest BCUT2D eigenvalue weighted by Crippen LogP contribution is -2.54. The second kappa shape index (κ2) is 5.15. The molecule has 0 spiro atoms. The highest BCUT2D eigenvalue weighted by atomic mass is 16.7. The van der Waals surface area contributed by atoms with Gasteiger partial charge < -0.3 is 4.74 Å². The second-order valence-corrected chi connectivity index (χ2v) is 5.91. The lowest BCUT2D eigenvalue weighted by Gasteiger charge is -2.38. The number of methoxy groups -OCH3 is 1. The van der Waals surface area contributed by atoms with Crippen molar-refractivity contribution in [1.29, 1.82) is 0 Å². The van der Waals surface area contributed by atoms with Crippen LogP contribution in [-0.4, -0.2) is 36.5 Å². The number of amides is 1. The minimum Gasteiger partial charge on any atom is -0.496 e. The first-order valence-electron chi connectivity index (χ1n) is 6.85. The summed E-state index contributed by atoms with van der Waals surface area (Å²) >= 11 is 0. The summed E-state index contributed by atoms with van der Waals surface area (Å²) in [6.07, 6.45) is 0. The molecule has 1 heterocycles. The van der Waals surface area contributed by atoms with Crippen molar-refractivity contribution in [1.82, 2.24) is 5.06 Å². The monoisotopic (exact) mass is 291 g/mol. The maximum atomic E-state index is 12.6. The van der Waals surface area contributed by atoms with Crippen molar-refractivity contribution in [2.24, 2.45) is 0 Å². The number of ketones is 1. The summed E-state index contributed by atoms with van der Waals surface area (Å²) in [4.78, 5) is 30.4. The van der Waals surface area contributed by atoms with Crippen LogP contribution in [0.25, 0.3) is 0 Å². The largest absolute Gasteiger partial charge is 0.496 e. The Kier molecular flexibility index (Phi) is 3.80. The number of carbonyl (C=O) groups excluding carboxylic acids is 2. The summed E-state index contributed by atoms with van der Waals surface area (Å²) in [6, 6.07) is 3.71. The molecule has 0 saturated carbocycles. The van der Waals surface area contributed by atoms with Gasteiger partial charge in [-0.05, 0) is 50.5 Å². The van der Waals surface area contributed by atoms with Crippen molar-refractivity contribution < 1.29 is 19.2 Å². The van der Waals surface area contributed by atoms with Crippen LogP contribution in [0.4, 0.5) is 0 Å². The van der Waals surface area contributed by atoms with Gasteiger partial charge in [-0.25, -0.2) is 5.06 Å². The fourth-order valence-corrected chi connectivity index (χ4v) is 2.69. The molecular weight excluding hydrogens is 270 g/mol. The Morgan fingerprint density at radius 2 is 1.81 bits per heavy atom.